The lowest BCUT2D eigenvalue weighted by Gasteiger charge is -2.44. The number of hydrogen-bond acceptors (Lipinski definition) is 3. The highest BCUT2D eigenvalue weighted by Crippen LogP contribution is 2.16. The summed E-state index contributed by atoms with van der Waals surface area (Å²) in [6.07, 6.45) is 2.73. The van der Waals surface area contributed by atoms with Gasteiger partial charge in [-0.05, 0) is 25.7 Å². The fourth-order valence-corrected chi connectivity index (χ4v) is 2.83. The van der Waals surface area contributed by atoms with Crippen molar-refractivity contribution in [2.24, 2.45) is 5.92 Å². The molecule has 2 heterocycles. The second-order valence-corrected chi connectivity index (χ2v) is 6.20. The minimum Gasteiger partial charge on any atom is -0.314 e. The van der Waals surface area contributed by atoms with Crippen molar-refractivity contribution in [1.29, 1.82) is 0 Å². The van der Waals surface area contributed by atoms with Crippen molar-refractivity contribution in [3.8, 4) is 0 Å². The molecule has 0 radical (unpaired) electrons. The third kappa shape index (κ3) is 3.67. The van der Waals surface area contributed by atoms with Crippen LogP contribution in [-0.2, 0) is 0 Å². The molecule has 0 aromatic carbocycles. The van der Waals surface area contributed by atoms with Crippen LogP contribution in [0.15, 0.2) is 0 Å². The monoisotopic (exact) mass is 239 g/mol. The number of rotatable bonds is 5. The molecule has 3 nitrogen and oxygen atoms in total. The highest BCUT2D eigenvalue weighted by atomic mass is 15.3. The van der Waals surface area contributed by atoms with Crippen LogP contribution < -0.4 is 5.32 Å². The van der Waals surface area contributed by atoms with Gasteiger partial charge >= 0.3 is 0 Å². The number of nitrogens with zero attached hydrogens (tertiary/aromatic N) is 2. The van der Waals surface area contributed by atoms with E-state index >= 15 is 0 Å². The highest BCUT2D eigenvalue weighted by molar-refractivity contribution is 4.88. The van der Waals surface area contributed by atoms with Crippen molar-refractivity contribution in [3.05, 3.63) is 0 Å². The van der Waals surface area contributed by atoms with Gasteiger partial charge < -0.3 is 5.32 Å². The number of nitrogens with one attached hydrogen (secondary N) is 1. The van der Waals surface area contributed by atoms with Crippen LogP contribution in [-0.4, -0.2) is 61.2 Å². The van der Waals surface area contributed by atoms with Crippen LogP contribution in [0, 0.1) is 5.92 Å². The van der Waals surface area contributed by atoms with Crippen LogP contribution >= 0.6 is 0 Å². The smallest absolute Gasteiger partial charge is 0.0346 e. The van der Waals surface area contributed by atoms with Crippen LogP contribution in [0.2, 0.25) is 0 Å². The fourth-order valence-electron chi connectivity index (χ4n) is 2.83. The Hall–Kier alpha value is -0.120. The molecule has 3 heteroatoms. The van der Waals surface area contributed by atoms with E-state index in [1.54, 1.807) is 0 Å². The SMILES string of the molecule is CC(C)CCC(C)N1CCN(C2CNC2)CC1. The van der Waals surface area contributed by atoms with E-state index in [-0.39, 0.29) is 0 Å². The molecule has 100 valence electrons. The second kappa shape index (κ2) is 6.17. The zero-order chi connectivity index (χ0) is 12.3. The molecule has 1 atom stereocenters. The van der Waals surface area contributed by atoms with Gasteiger partial charge in [-0.1, -0.05) is 13.8 Å². The minimum absolute atomic E-state index is 0.777. The summed E-state index contributed by atoms with van der Waals surface area (Å²) in [4.78, 5) is 5.35. The van der Waals surface area contributed by atoms with Crippen LogP contribution in [0.5, 0.6) is 0 Å². The van der Waals surface area contributed by atoms with Gasteiger partial charge in [-0.2, -0.15) is 0 Å². The molecule has 1 unspecified atom stereocenters. The maximum atomic E-state index is 3.37. The molecule has 2 fully saturated rings. The third-order valence-electron chi connectivity index (χ3n) is 4.41. The largest absolute Gasteiger partial charge is 0.314 e. The van der Waals surface area contributed by atoms with E-state index in [9.17, 15) is 0 Å². The van der Waals surface area contributed by atoms with Gasteiger partial charge in [0, 0.05) is 51.4 Å². The van der Waals surface area contributed by atoms with Crippen molar-refractivity contribution in [2.75, 3.05) is 39.3 Å². The molecule has 1 N–H and O–H groups in total. The Morgan fingerprint density at radius 1 is 1.00 bits per heavy atom. The normalized spacial score (nSPS) is 26.1. The standard InChI is InChI=1S/C14H29N3/c1-12(2)4-5-13(3)16-6-8-17(9-7-16)14-10-15-11-14/h12-15H,4-11H2,1-3H3. The Labute approximate surface area is 107 Å². The first-order valence-electron chi connectivity index (χ1n) is 7.35. The topological polar surface area (TPSA) is 18.5 Å². The predicted molar refractivity (Wildman–Crippen MR) is 73.3 cm³/mol. The fraction of sp³-hybridized carbons (Fsp3) is 1.00. The van der Waals surface area contributed by atoms with Gasteiger partial charge in [-0.15, -0.1) is 0 Å². The Morgan fingerprint density at radius 3 is 2.12 bits per heavy atom. The molecule has 0 aromatic heterocycles. The molecule has 0 bridgehead atoms. The van der Waals surface area contributed by atoms with Gasteiger partial charge in [0.25, 0.3) is 0 Å². The minimum atomic E-state index is 0.777. The Bertz CT molecular complexity index is 218. The molecule has 2 saturated heterocycles. The highest BCUT2D eigenvalue weighted by Gasteiger charge is 2.28. The Kier molecular flexibility index (Phi) is 4.83. The maximum absolute atomic E-state index is 3.37. The molecule has 17 heavy (non-hydrogen) atoms. The summed E-state index contributed by atoms with van der Waals surface area (Å²) in [5.74, 6) is 0.847. The lowest BCUT2D eigenvalue weighted by Crippen LogP contribution is -2.62. The summed E-state index contributed by atoms with van der Waals surface area (Å²) in [6.45, 7) is 14.6. The maximum Gasteiger partial charge on any atom is 0.0346 e. The van der Waals surface area contributed by atoms with E-state index in [4.69, 9.17) is 0 Å². The predicted octanol–water partition coefficient (Wildman–Crippen LogP) is 1.40. The molecule has 0 aliphatic carbocycles. The number of piperazine rings is 1. The van der Waals surface area contributed by atoms with Gasteiger partial charge in [-0.3, -0.25) is 9.80 Å². The van der Waals surface area contributed by atoms with E-state index < -0.39 is 0 Å². The quantitative estimate of drug-likeness (QED) is 0.782. The van der Waals surface area contributed by atoms with Crippen molar-refractivity contribution < 1.29 is 0 Å². The van der Waals surface area contributed by atoms with Gasteiger partial charge in [0.15, 0.2) is 0 Å². The van der Waals surface area contributed by atoms with Crippen LogP contribution in [0.4, 0.5) is 0 Å². The van der Waals surface area contributed by atoms with Gasteiger partial charge in [0.1, 0.15) is 0 Å². The van der Waals surface area contributed by atoms with Crippen molar-refractivity contribution in [3.63, 3.8) is 0 Å². The van der Waals surface area contributed by atoms with E-state index in [0.717, 1.165) is 18.0 Å². The molecule has 2 aliphatic heterocycles. The molecule has 0 amide bonds. The summed E-state index contributed by atoms with van der Waals surface area (Å²) < 4.78 is 0. The Balaban J connectivity index is 1.66. The van der Waals surface area contributed by atoms with Gasteiger partial charge in [-0.25, -0.2) is 0 Å². The second-order valence-electron chi connectivity index (χ2n) is 6.20. The first-order chi connectivity index (χ1) is 8.16. The first-order valence-corrected chi connectivity index (χ1v) is 7.35. The summed E-state index contributed by atoms with van der Waals surface area (Å²) in [5.41, 5.74) is 0. The third-order valence-corrected chi connectivity index (χ3v) is 4.41. The van der Waals surface area contributed by atoms with E-state index in [1.165, 1.54) is 52.1 Å². The van der Waals surface area contributed by atoms with Gasteiger partial charge in [0.2, 0.25) is 0 Å². The lowest BCUT2D eigenvalue weighted by atomic mass is 10.0. The Morgan fingerprint density at radius 2 is 1.65 bits per heavy atom. The molecular formula is C14H29N3. The number of hydrogen-bond donors (Lipinski definition) is 1. The average Bonchev–Trinajstić information content (AvgIpc) is 2.24. The van der Waals surface area contributed by atoms with Crippen LogP contribution in [0.3, 0.4) is 0 Å². The van der Waals surface area contributed by atoms with Crippen LogP contribution in [0.1, 0.15) is 33.6 Å². The van der Waals surface area contributed by atoms with E-state index in [0.29, 0.717) is 0 Å². The zero-order valence-electron chi connectivity index (χ0n) is 11.8. The van der Waals surface area contributed by atoms with Crippen molar-refractivity contribution in [2.45, 2.75) is 45.7 Å². The van der Waals surface area contributed by atoms with E-state index in [1.807, 2.05) is 0 Å². The molecular weight excluding hydrogens is 210 g/mol. The van der Waals surface area contributed by atoms with Crippen molar-refractivity contribution >= 4 is 0 Å². The molecule has 0 aromatic rings. The average molecular weight is 239 g/mol. The molecule has 0 saturated carbocycles. The van der Waals surface area contributed by atoms with E-state index in [2.05, 4.69) is 35.9 Å². The summed E-state index contributed by atoms with van der Waals surface area (Å²) >= 11 is 0. The summed E-state index contributed by atoms with van der Waals surface area (Å²) in [5, 5.41) is 3.37. The lowest BCUT2D eigenvalue weighted by molar-refractivity contribution is 0.0524. The molecule has 0 spiro atoms. The zero-order valence-corrected chi connectivity index (χ0v) is 11.8. The van der Waals surface area contributed by atoms with Crippen molar-refractivity contribution in [1.82, 2.24) is 15.1 Å². The summed E-state index contributed by atoms with van der Waals surface area (Å²) in [6, 6.07) is 1.61. The van der Waals surface area contributed by atoms with Gasteiger partial charge in [0.05, 0.1) is 0 Å². The van der Waals surface area contributed by atoms with Crippen LogP contribution in [0.25, 0.3) is 0 Å². The first kappa shape index (κ1) is 13.3. The molecule has 2 rings (SSSR count). The molecule has 2 aliphatic rings. The summed E-state index contributed by atoms with van der Waals surface area (Å²) in [7, 11) is 0.